The number of halogens is 2. The van der Waals surface area contributed by atoms with Gasteiger partial charge in [-0.3, -0.25) is 4.79 Å². The topological polar surface area (TPSA) is 29.1 Å². The number of carbonyl (C=O) groups excluding carboxylic acids is 1. The number of hydrogen-bond donors (Lipinski definition) is 1. The van der Waals surface area contributed by atoms with Crippen molar-refractivity contribution in [2.75, 3.05) is 0 Å². The number of carbonyl (C=O) groups is 1. The second-order valence-corrected chi connectivity index (χ2v) is 9.03. The van der Waals surface area contributed by atoms with Crippen molar-refractivity contribution < 1.29 is 4.79 Å². The molecule has 2 saturated carbocycles. The normalized spacial score (nSPS) is 33.2. The van der Waals surface area contributed by atoms with Crippen LogP contribution in [0.25, 0.3) is 0 Å². The summed E-state index contributed by atoms with van der Waals surface area (Å²) in [6, 6.07) is 6.00. The van der Waals surface area contributed by atoms with Crippen molar-refractivity contribution in [3.8, 4) is 0 Å². The molecule has 0 radical (unpaired) electrons. The Balaban J connectivity index is 1.82. The summed E-state index contributed by atoms with van der Waals surface area (Å²) in [5.74, 6) is 0.761. The van der Waals surface area contributed by atoms with Crippen molar-refractivity contribution in [1.29, 1.82) is 0 Å². The number of amides is 1. The van der Waals surface area contributed by atoms with Gasteiger partial charge in [0.25, 0.3) is 5.91 Å². The van der Waals surface area contributed by atoms with Crippen LogP contribution in [-0.2, 0) is 0 Å². The molecular weight excluding hydrogens is 394 g/mol. The SMILES string of the molecule is CC1(C)C2CCC1(C)C(NC(=O)c1cc(Br)ccc1Br)C2. The van der Waals surface area contributed by atoms with Crippen LogP contribution in [0.4, 0.5) is 0 Å². The van der Waals surface area contributed by atoms with E-state index in [0.717, 1.165) is 21.3 Å². The lowest BCUT2D eigenvalue weighted by Crippen LogP contribution is -2.46. The van der Waals surface area contributed by atoms with E-state index in [2.05, 4.69) is 57.9 Å². The molecule has 1 aromatic carbocycles. The fourth-order valence-corrected chi connectivity index (χ4v) is 5.12. The van der Waals surface area contributed by atoms with E-state index in [-0.39, 0.29) is 17.4 Å². The minimum atomic E-state index is 0.0257. The maximum Gasteiger partial charge on any atom is 0.252 e. The van der Waals surface area contributed by atoms with Gasteiger partial charge < -0.3 is 5.32 Å². The third-order valence-electron chi connectivity index (χ3n) is 6.27. The molecule has 114 valence electrons. The molecular formula is C17H21Br2NO. The Labute approximate surface area is 143 Å². The Morgan fingerprint density at radius 1 is 1.29 bits per heavy atom. The standard InChI is InChI=1S/C17H21Br2NO/c1-16(2)10-6-7-17(16,3)14(8-10)20-15(21)12-9-11(18)4-5-13(12)19/h4-5,9-10,14H,6-8H2,1-3H3,(H,20,21). The molecule has 2 aliphatic rings. The first kappa shape index (κ1) is 15.5. The zero-order valence-electron chi connectivity index (χ0n) is 12.7. The van der Waals surface area contributed by atoms with E-state index in [1.54, 1.807) is 0 Å². The zero-order chi connectivity index (χ0) is 15.4. The largest absolute Gasteiger partial charge is 0.349 e. The van der Waals surface area contributed by atoms with Crippen LogP contribution >= 0.6 is 31.9 Å². The second kappa shape index (κ2) is 5.09. The van der Waals surface area contributed by atoms with Crippen LogP contribution in [0.15, 0.2) is 27.1 Å². The lowest BCUT2D eigenvalue weighted by Gasteiger charge is -2.39. The first-order valence-corrected chi connectivity index (χ1v) is 9.10. The minimum Gasteiger partial charge on any atom is -0.349 e. The average molecular weight is 415 g/mol. The van der Waals surface area contributed by atoms with E-state index >= 15 is 0 Å². The van der Waals surface area contributed by atoms with Gasteiger partial charge in [-0.25, -0.2) is 0 Å². The Morgan fingerprint density at radius 2 is 2.00 bits per heavy atom. The molecule has 0 heterocycles. The Bertz CT molecular complexity index is 598. The van der Waals surface area contributed by atoms with E-state index in [9.17, 15) is 4.79 Å². The number of nitrogens with one attached hydrogen (secondary N) is 1. The summed E-state index contributed by atoms with van der Waals surface area (Å²) >= 11 is 6.91. The molecule has 1 N–H and O–H groups in total. The van der Waals surface area contributed by atoms with E-state index in [1.807, 2.05) is 18.2 Å². The van der Waals surface area contributed by atoms with Gasteiger partial charge in [0, 0.05) is 15.0 Å². The summed E-state index contributed by atoms with van der Waals surface area (Å²) in [6.45, 7) is 7.08. The highest BCUT2D eigenvalue weighted by molar-refractivity contribution is 9.11. The quantitative estimate of drug-likeness (QED) is 0.711. The van der Waals surface area contributed by atoms with Crippen molar-refractivity contribution in [3.05, 3.63) is 32.7 Å². The number of hydrogen-bond acceptors (Lipinski definition) is 1. The molecule has 2 aliphatic carbocycles. The molecule has 21 heavy (non-hydrogen) atoms. The number of fused-ring (bicyclic) bond motifs is 2. The molecule has 1 aromatic rings. The highest BCUT2D eigenvalue weighted by Crippen LogP contribution is 2.65. The lowest BCUT2D eigenvalue weighted by molar-refractivity contribution is 0.0825. The van der Waals surface area contributed by atoms with Gasteiger partial charge in [0.05, 0.1) is 5.56 Å². The molecule has 3 rings (SSSR count). The Kier molecular flexibility index (Phi) is 3.77. The van der Waals surface area contributed by atoms with E-state index in [1.165, 1.54) is 12.8 Å². The van der Waals surface area contributed by atoms with Crippen LogP contribution in [0.5, 0.6) is 0 Å². The highest BCUT2D eigenvalue weighted by Gasteiger charge is 2.61. The van der Waals surface area contributed by atoms with Crippen molar-refractivity contribution in [2.45, 2.75) is 46.1 Å². The van der Waals surface area contributed by atoms with Gasteiger partial charge in [0.1, 0.15) is 0 Å². The van der Waals surface area contributed by atoms with Crippen LogP contribution in [0.3, 0.4) is 0 Å². The van der Waals surface area contributed by atoms with Crippen LogP contribution in [-0.4, -0.2) is 11.9 Å². The molecule has 2 nitrogen and oxygen atoms in total. The molecule has 0 saturated heterocycles. The van der Waals surface area contributed by atoms with Gasteiger partial charge in [-0.05, 0) is 70.1 Å². The molecule has 2 bridgehead atoms. The molecule has 4 heteroatoms. The zero-order valence-corrected chi connectivity index (χ0v) is 15.8. The molecule has 1 amide bonds. The van der Waals surface area contributed by atoms with E-state index in [0.29, 0.717) is 11.0 Å². The minimum absolute atomic E-state index is 0.0257. The number of benzene rings is 1. The predicted octanol–water partition coefficient (Wildman–Crippen LogP) is 5.16. The molecule has 3 atom stereocenters. The summed E-state index contributed by atoms with van der Waals surface area (Å²) in [5, 5.41) is 3.30. The first-order chi connectivity index (χ1) is 9.75. The van der Waals surface area contributed by atoms with E-state index < -0.39 is 0 Å². The van der Waals surface area contributed by atoms with E-state index in [4.69, 9.17) is 0 Å². The molecule has 2 fully saturated rings. The fourth-order valence-electron chi connectivity index (χ4n) is 4.33. The first-order valence-electron chi connectivity index (χ1n) is 7.51. The summed E-state index contributed by atoms with van der Waals surface area (Å²) in [6.07, 6.45) is 3.63. The van der Waals surface area contributed by atoms with Gasteiger partial charge in [-0.1, -0.05) is 36.7 Å². The van der Waals surface area contributed by atoms with Crippen LogP contribution in [0, 0.1) is 16.7 Å². The molecule has 0 spiro atoms. The fraction of sp³-hybridized carbons (Fsp3) is 0.588. The van der Waals surface area contributed by atoms with Crippen molar-refractivity contribution in [3.63, 3.8) is 0 Å². The molecule has 0 aliphatic heterocycles. The predicted molar refractivity (Wildman–Crippen MR) is 92.3 cm³/mol. The third kappa shape index (κ3) is 2.29. The second-order valence-electron chi connectivity index (χ2n) is 7.26. The summed E-state index contributed by atoms with van der Waals surface area (Å²) in [7, 11) is 0. The summed E-state index contributed by atoms with van der Waals surface area (Å²) in [5.41, 5.74) is 1.24. The van der Waals surface area contributed by atoms with Crippen molar-refractivity contribution in [2.24, 2.45) is 16.7 Å². The smallest absolute Gasteiger partial charge is 0.252 e. The summed E-state index contributed by atoms with van der Waals surface area (Å²) in [4.78, 5) is 12.6. The molecule has 0 aromatic heterocycles. The van der Waals surface area contributed by atoms with Gasteiger partial charge >= 0.3 is 0 Å². The number of rotatable bonds is 2. The lowest BCUT2D eigenvalue weighted by atomic mass is 9.69. The van der Waals surface area contributed by atoms with Crippen molar-refractivity contribution in [1.82, 2.24) is 5.32 Å². The monoisotopic (exact) mass is 413 g/mol. The van der Waals surface area contributed by atoms with Gasteiger partial charge in [0.2, 0.25) is 0 Å². The highest BCUT2D eigenvalue weighted by atomic mass is 79.9. The third-order valence-corrected chi connectivity index (χ3v) is 7.46. The van der Waals surface area contributed by atoms with Gasteiger partial charge in [-0.2, -0.15) is 0 Å². The Hall–Kier alpha value is -0.350. The average Bonchev–Trinajstić information content (AvgIpc) is 2.74. The van der Waals surface area contributed by atoms with Crippen LogP contribution < -0.4 is 5.32 Å². The molecule has 3 unspecified atom stereocenters. The van der Waals surface area contributed by atoms with Crippen LogP contribution in [0.1, 0.15) is 50.4 Å². The summed E-state index contributed by atoms with van der Waals surface area (Å²) < 4.78 is 1.77. The van der Waals surface area contributed by atoms with Crippen LogP contribution in [0.2, 0.25) is 0 Å². The van der Waals surface area contributed by atoms with Crippen molar-refractivity contribution >= 4 is 37.8 Å². The Morgan fingerprint density at radius 3 is 2.57 bits per heavy atom. The maximum atomic E-state index is 12.6. The van der Waals surface area contributed by atoms with Gasteiger partial charge in [-0.15, -0.1) is 0 Å². The van der Waals surface area contributed by atoms with Gasteiger partial charge in [0.15, 0.2) is 0 Å². The maximum absolute atomic E-state index is 12.6.